The van der Waals surface area contributed by atoms with E-state index in [2.05, 4.69) is 5.32 Å². The molecule has 0 aliphatic carbocycles. The summed E-state index contributed by atoms with van der Waals surface area (Å²) in [6, 6.07) is 9.74. The number of benzene rings is 1. The Morgan fingerprint density at radius 1 is 1.16 bits per heavy atom. The van der Waals surface area contributed by atoms with Crippen molar-refractivity contribution < 1.29 is 13.2 Å². The van der Waals surface area contributed by atoms with Gasteiger partial charge in [-0.05, 0) is 54.4 Å². The fourth-order valence-corrected chi connectivity index (χ4v) is 6.58. The molecule has 0 spiro atoms. The third kappa shape index (κ3) is 4.09. The molecule has 9 heteroatoms. The van der Waals surface area contributed by atoms with Crippen LogP contribution in [0.3, 0.4) is 0 Å². The van der Waals surface area contributed by atoms with Crippen molar-refractivity contribution in [1.82, 2.24) is 0 Å². The third-order valence-corrected chi connectivity index (χ3v) is 8.43. The molecule has 1 amide bonds. The topological polar surface area (TPSA) is 63.2 Å². The van der Waals surface area contributed by atoms with Crippen molar-refractivity contribution in [2.75, 3.05) is 5.32 Å². The van der Waals surface area contributed by atoms with Crippen LogP contribution in [0, 0.1) is 6.92 Å². The SMILES string of the molecule is Cc1c(S(=O)(=O)c2ccc(Cl)cc2)csc1NC(=O)Sc1cccs1. The first-order valence-electron chi connectivity index (χ1n) is 6.99. The van der Waals surface area contributed by atoms with Gasteiger partial charge in [0, 0.05) is 16.0 Å². The summed E-state index contributed by atoms with van der Waals surface area (Å²) in [4.78, 5) is 12.5. The second-order valence-corrected chi connectivity index (χ2v) is 10.4. The summed E-state index contributed by atoms with van der Waals surface area (Å²) in [6.07, 6.45) is 0. The highest BCUT2D eigenvalue weighted by molar-refractivity contribution is 8.15. The highest BCUT2D eigenvalue weighted by Gasteiger charge is 2.24. The fraction of sp³-hybridized carbons (Fsp3) is 0.0625. The second kappa shape index (κ2) is 7.51. The molecule has 0 saturated heterocycles. The number of amides is 1. The first kappa shape index (κ1) is 18.5. The molecule has 25 heavy (non-hydrogen) atoms. The van der Waals surface area contributed by atoms with Gasteiger partial charge in [-0.25, -0.2) is 8.42 Å². The molecule has 0 aliphatic heterocycles. The van der Waals surface area contributed by atoms with Crippen LogP contribution in [-0.4, -0.2) is 13.7 Å². The van der Waals surface area contributed by atoms with Gasteiger partial charge < -0.3 is 5.32 Å². The molecular formula is C16H12ClNO3S4. The Morgan fingerprint density at radius 2 is 1.88 bits per heavy atom. The maximum absolute atomic E-state index is 12.8. The van der Waals surface area contributed by atoms with E-state index in [4.69, 9.17) is 11.6 Å². The number of thiophene rings is 2. The normalized spacial score (nSPS) is 11.4. The molecule has 3 aromatic rings. The van der Waals surface area contributed by atoms with E-state index in [1.807, 2.05) is 17.5 Å². The van der Waals surface area contributed by atoms with Gasteiger partial charge in [-0.1, -0.05) is 17.7 Å². The highest BCUT2D eigenvalue weighted by atomic mass is 35.5. The summed E-state index contributed by atoms with van der Waals surface area (Å²) in [5, 5.41) is 6.96. The van der Waals surface area contributed by atoms with Gasteiger partial charge in [-0.3, -0.25) is 4.79 Å². The van der Waals surface area contributed by atoms with E-state index in [-0.39, 0.29) is 15.0 Å². The van der Waals surface area contributed by atoms with Crippen molar-refractivity contribution >= 4 is 66.1 Å². The zero-order valence-corrected chi connectivity index (χ0v) is 16.9. The van der Waals surface area contributed by atoms with Gasteiger partial charge in [0.25, 0.3) is 5.24 Å². The minimum Gasteiger partial charge on any atom is -0.308 e. The van der Waals surface area contributed by atoms with Gasteiger partial charge >= 0.3 is 0 Å². The van der Waals surface area contributed by atoms with E-state index in [1.165, 1.54) is 46.9 Å². The van der Waals surface area contributed by atoms with Crippen LogP contribution < -0.4 is 5.32 Å². The molecule has 1 N–H and O–H groups in total. The largest absolute Gasteiger partial charge is 0.308 e. The van der Waals surface area contributed by atoms with E-state index in [9.17, 15) is 13.2 Å². The lowest BCUT2D eigenvalue weighted by atomic mass is 10.3. The van der Waals surface area contributed by atoms with E-state index in [1.54, 1.807) is 12.3 Å². The summed E-state index contributed by atoms with van der Waals surface area (Å²) in [6.45, 7) is 1.69. The number of rotatable bonds is 4. The van der Waals surface area contributed by atoms with Crippen LogP contribution in [0.5, 0.6) is 0 Å². The van der Waals surface area contributed by atoms with E-state index in [0.29, 0.717) is 15.6 Å². The van der Waals surface area contributed by atoms with Gasteiger partial charge in [0.05, 0.1) is 19.0 Å². The Morgan fingerprint density at radius 3 is 2.52 bits per heavy atom. The average Bonchev–Trinajstić information content (AvgIpc) is 3.19. The predicted molar refractivity (Wildman–Crippen MR) is 105 cm³/mol. The average molecular weight is 430 g/mol. The first-order chi connectivity index (χ1) is 11.9. The minimum absolute atomic E-state index is 0.170. The van der Waals surface area contributed by atoms with Crippen LogP contribution in [0.4, 0.5) is 9.80 Å². The van der Waals surface area contributed by atoms with Crippen molar-refractivity contribution in [2.24, 2.45) is 0 Å². The molecule has 0 radical (unpaired) electrons. The van der Waals surface area contributed by atoms with E-state index in [0.717, 1.165) is 16.0 Å². The van der Waals surface area contributed by atoms with Crippen LogP contribution >= 0.6 is 46.0 Å². The molecule has 0 atom stereocenters. The molecule has 0 fully saturated rings. The molecule has 2 aromatic heterocycles. The molecule has 4 nitrogen and oxygen atoms in total. The van der Waals surface area contributed by atoms with Crippen LogP contribution in [0.2, 0.25) is 5.02 Å². The lowest BCUT2D eigenvalue weighted by molar-refractivity contribution is 0.270. The molecule has 2 heterocycles. The lowest BCUT2D eigenvalue weighted by Crippen LogP contribution is -2.06. The number of hydrogen-bond donors (Lipinski definition) is 1. The Kier molecular flexibility index (Phi) is 5.55. The molecule has 130 valence electrons. The fourth-order valence-electron chi connectivity index (χ4n) is 2.06. The number of halogens is 1. The quantitative estimate of drug-likeness (QED) is 0.522. The van der Waals surface area contributed by atoms with E-state index < -0.39 is 9.84 Å². The Bertz CT molecular complexity index is 993. The Hall–Kier alpha value is -1.32. The molecule has 0 saturated carbocycles. The smallest absolute Gasteiger partial charge is 0.289 e. The van der Waals surface area contributed by atoms with Gasteiger partial charge in [-0.15, -0.1) is 22.7 Å². The monoisotopic (exact) mass is 429 g/mol. The summed E-state index contributed by atoms with van der Waals surface area (Å²) in [5.41, 5.74) is 0.528. The Balaban J connectivity index is 1.83. The van der Waals surface area contributed by atoms with Crippen LogP contribution in [0.25, 0.3) is 0 Å². The zero-order valence-electron chi connectivity index (χ0n) is 12.9. The van der Waals surface area contributed by atoms with Gasteiger partial charge in [0.1, 0.15) is 0 Å². The Labute approximate surface area is 162 Å². The van der Waals surface area contributed by atoms with Gasteiger partial charge in [0.2, 0.25) is 9.84 Å². The highest BCUT2D eigenvalue weighted by Crippen LogP contribution is 2.35. The molecule has 3 rings (SSSR count). The van der Waals surface area contributed by atoms with Crippen molar-refractivity contribution in [3.63, 3.8) is 0 Å². The standard InChI is InChI=1S/C16H12ClNO3S4/c1-10-13(25(20,21)12-6-4-11(17)5-7-12)9-23-15(10)18-16(19)24-14-3-2-8-22-14/h2-9H,1H3,(H,18,19). The van der Waals surface area contributed by atoms with Crippen LogP contribution in [-0.2, 0) is 9.84 Å². The van der Waals surface area contributed by atoms with Crippen LogP contribution in [0.1, 0.15) is 5.56 Å². The molecule has 0 aliphatic rings. The van der Waals surface area contributed by atoms with Gasteiger partial charge in [0.15, 0.2) is 0 Å². The van der Waals surface area contributed by atoms with E-state index >= 15 is 0 Å². The third-order valence-electron chi connectivity index (χ3n) is 3.31. The first-order valence-corrected chi connectivity index (χ1v) is 11.4. The predicted octanol–water partition coefficient (Wildman–Crippen LogP) is 5.93. The molecule has 0 bridgehead atoms. The second-order valence-electron chi connectivity index (χ2n) is 4.96. The maximum Gasteiger partial charge on any atom is 0.289 e. The number of anilines is 1. The number of thioether (sulfide) groups is 1. The van der Waals surface area contributed by atoms with Crippen molar-refractivity contribution in [3.05, 3.63) is 57.7 Å². The summed E-state index contributed by atoms with van der Waals surface area (Å²) < 4.78 is 26.4. The van der Waals surface area contributed by atoms with Crippen molar-refractivity contribution in [2.45, 2.75) is 20.9 Å². The zero-order chi connectivity index (χ0) is 18.0. The minimum atomic E-state index is -3.66. The number of hydrogen-bond acceptors (Lipinski definition) is 6. The van der Waals surface area contributed by atoms with Crippen LogP contribution in [0.15, 0.2) is 61.2 Å². The molecule has 1 aromatic carbocycles. The summed E-state index contributed by atoms with van der Waals surface area (Å²) >= 11 is 9.56. The molecular weight excluding hydrogens is 418 g/mol. The number of carbonyl (C=O) groups is 1. The number of carbonyl (C=O) groups excluding carboxylic acids is 1. The van der Waals surface area contributed by atoms with Crippen molar-refractivity contribution in [1.29, 1.82) is 0 Å². The van der Waals surface area contributed by atoms with Gasteiger partial charge in [-0.2, -0.15) is 0 Å². The summed E-state index contributed by atoms with van der Waals surface area (Å²) in [5.74, 6) is 0. The lowest BCUT2D eigenvalue weighted by Gasteiger charge is -2.06. The number of nitrogens with one attached hydrogen (secondary N) is 1. The van der Waals surface area contributed by atoms with Crippen molar-refractivity contribution in [3.8, 4) is 0 Å². The number of sulfone groups is 1. The summed E-state index contributed by atoms with van der Waals surface area (Å²) in [7, 11) is -3.66. The maximum atomic E-state index is 12.8. The molecule has 0 unspecified atom stereocenters.